The van der Waals surface area contributed by atoms with Gasteiger partial charge in [-0.25, -0.2) is 13.8 Å². The van der Waals surface area contributed by atoms with Crippen LogP contribution in [-0.4, -0.2) is 56.6 Å². The number of carbonyl (C=O) groups is 1. The number of piperazine rings is 1. The molecule has 1 fully saturated rings. The number of aryl methyl sites for hydroxylation is 1. The zero-order chi connectivity index (χ0) is 32.9. The van der Waals surface area contributed by atoms with Gasteiger partial charge in [0, 0.05) is 37.8 Å². The smallest absolute Gasteiger partial charge is 0.276 e. The summed E-state index contributed by atoms with van der Waals surface area (Å²) in [7, 11) is 0. The van der Waals surface area contributed by atoms with Crippen molar-refractivity contribution in [3.05, 3.63) is 85.7 Å². The molecular weight excluding hydrogens is 632 g/mol. The highest BCUT2D eigenvalue weighted by molar-refractivity contribution is 6.37. The molecule has 232 valence electrons. The second kappa shape index (κ2) is 12.1. The standard InChI is InChI=1S/C31H25Cl2F3N6O3/c1-5-19(43)40-8-10-41(11-9-40)28-16-12-18(32)26(20-21(33)22(34)23(35)24(36)29(20)44)39-30(16)42(31(45)17(28)13-37)27-15(4)6-7-38-25(27)14(2)3/h5-7,12,14,44H,1,8-11H2,2-4H3. The van der Waals surface area contributed by atoms with E-state index in [2.05, 4.69) is 16.5 Å². The van der Waals surface area contributed by atoms with Crippen molar-refractivity contribution in [3.8, 4) is 28.8 Å². The van der Waals surface area contributed by atoms with E-state index in [0.717, 1.165) is 0 Å². The van der Waals surface area contributed by atoms with Crippen molar-refractivity contribution >= 4 is 45.8 Å². The summed E-state index contributed by atoms with van der Waals surface area (Å²) in [5.41, 5.74) is -0.691. The third-order valence-electron chi connectivity index (χ3n) is 7.67. The first-order valence-corrected chi connectivity index (χ1v) is 14.5. The summed E-state index contributed by atoms with van der Waals surface area (Å²) in [6.45, 7) is 9.96. The van der Waals surface area contributed by atoms with Gasteiger partial charge in [0.15, 0.2) is 17.4 Å². The molecular formula is C31H25Cl2F3N6O3. The Morgan fingerprint density at radius 1 is 1.13 bits per heavy atom. The third kappa shape index (κ3) is 5.15. The quantitative estimate of drug-likeness (QED) is 0.159. The van der Waals surface area contributed by atoms with Crippen LogP contribution >= 0.6 is 23.2 Å². The lowest BCUT2D eigenvalue weighted by Gasteiger charge is -2.36. The molecule has 0 atom stereocenters. The summed E-state index contributed by atoms with van der Waals surface area (Å²) < 4.78 is 44.4. The number of aromatic nitrogens is 3. The maximum Gasteiger partial charge on any atom is 0.276 e. The molecule has 5 rings (SSSR count). The van der Waals surface area contributed by atoms with Gasteiger partial charge in [0.2, 0.25) is 11.7 Å². The van der Waals surface area contributed by atoms with Gasteiger partial charge in [-0.3, -0.25) is 19.1 Å². The first kappa shape index (κ1) is 31.8. The second-order valence-electron chi connectivity index (χ2n) is 10.7. The first-order chi connectivity index (χ1) is 21.3. The third-order valence-corrected chi connectivity index (χ3v) is 8.32. The van der Waals surface area contributed by atoms with E-state index in [1.807, 2.05) is 19.9 Å². The second-order valence-corrected chi connectivity index (χ2v) is 11.5. The number of phenols is 1. The Morgan fingerprint density at radius 2 is 1.80 bits per heavy atom. The summed E-state index contributed by atoms with van der Waals surface area (Å²) in [6, 6.07) is 5.02. The number of phenolic OH excluding ortho intramolecular Hbond substituents is 1. The van der Waals surface area contributed by atoms with Gasteiger partial charge in [0.1, 0.15) is 17.3 Å². The molecule has 0 radical (unpaired) electrons. The van der Waals surface area contributed by atoms with Gasteiger partial charge in [0.25, 0.3) is 5.56 Å². The van der Waals surface area contributed by atoms with Crippen molar-refractivity contribution in [1.82, 2.24) is 19.4 Å². The lowest BCUT2D eigenvalue weighted by atomic mass is 10.0. The number of benzene rings is 1. The average Bonchev–Trinajstić information content (AvgIpc) is 3.02. The van der Waals surface area contributed by atoms with Crippen LogP contribution in [0.4, 0.5) is 18.9 Å². The number of rotatable bonds is 5. The Kier molecular flexibility index (Phi) is 8.53. The number of anilines is 1. The fraction of sp³-hybridized carbons (Fsp3) is 0.258. The van der Waals surface area contributed by atoms with Crippen LogP contribution in [0.3, 0.4) is 0 Å². The highest BCUT2D eigenvalue weighted by Crippen LogP contribution is 2.45. The maximum atomic E-state index is 14.6. The molecule has 9 nitrogen and oxygen atoms in total. The molecule has 1 aliphatic heterocycles. The molecule has 1 saturated heterocycles. The van der Waals surface area contributed by atoms with Crippen molar-refractivity contribution in [2.24, 2.45) is 0 Å². The Bertz CT molecular complexity index is 1990. The van der Waals surface area contributed by atoms with Gasteiger partial charge < -0.3 is 14.9 Å². The first-order valence-electron chi connectivity index (χ1n) is 13.7. The van der Waals surface area contributed by atoms with Crippen molar-refractivity contribution in [3.63, 3.8) is 0 Å². The maximum absolute atomic E-state index is 14.6. The number of nitriles is 1. The minimum atomic E-state index is -1.99. The summed E-state index contributed by atoms with van der Waals surface area (Å²) in [6.07, 6.45) is 2.77. The number of amides is 1. The van der Waals surface area contributed by atoms with Gasteiger partial charge >= 0.3 is 0 Å². The normalized spacial score (nSPS) is 13.4. The van der Waals surface area contributed by atoms with Crippen LogP contribution in [-0.2, 0) is 4.79 Å². The largest absolute Gasteiger partial charge is 0.504 e. The van der Waals surface area contributed by atoms with E-state index in [9.17, 15) is 33.1 Å². The average molecular weight is 657 g/mol. The van der Waals surface area contributed by atoms with Crippen LogP contribution in [0.15, 0.2) is 35.8 Å². The fourth-order valence-electron chi connectivity index (χ4n) is 5.48. The number of aromatic hydroxyl groups is 1. The minimum absolute atomic E-state index is 0.100. The number of halogens is 5. The number of pyridine rings is 3. The van der Waals surface area contributed by atoms with Crippen LogP contribution in [0.1, 0.15) is 36.6 Å². The molecule has 0 unspecified atom stereocenters. The SMILES string of the molecule is C=CC(=O)N1CCN(c2c(C#N)c(=O)n(-c3c(C)ccnc3C(C)C)c3nc(-c4c(O)c(F)c(F)c(F)c4Cl)c(Cl)cc23)CC1. The van der Waals surface area contributed by atoms with E-state index in [4.69, 9.17) is 23.2 Å². The van der Waals surface area contributed by atoms with Crippen LogP contribution in [0.25, 0.3) is 28.0 Å². The lowest BCUT2D eigenvalue weighted by Crippen LogP contribution is -2.49. The highest BCUT2D eigenvalue weighted by Gasteiger charge is 2.32. The summed E-state index contributed by atoms with van der Waals surface area (Å²) in [4.78, 5) is 38.9. The zero-order valence-electron chi connectivity index (χ0n) is 24.3. The predicted octanol–water partition coefficient (Wildman–Crippen LogP) is 6.02. The fourth-order valence-corrected chi connectivity index (χ4v) is 5.99. The van der Waals surface area contributed by atoms with E-state index in [1.165, 1.54) is 16.7 Å². The number of fused-ring (bicyclic) bond motifs is 1. The van der Waals surface area contributed by atoms with Crippen LogP contribution < -0.4 is 10.5 Å². The number of carbonyl (C=O) groups excluding carboxylic acids is 1. The van der Waals surface area contributed by atoms with Crippen LogP contribution in [0.5, 0.6) is 5.75 Å². The molecule has 1 N–H and O–H groups in total. The zero-order valence-corrected chi connectivity index (χ0v) is 25.8. The van der Waals surface area contributed by atoms with Crippen LogP contribution in [0.2, 0.25) is 10.0 Å². The monoisotopic (exact) mass is 656 g/mol. The molecule has 14 heteroatoms. The van der Waals surface area contributed by atoms with Crippen molar-refractivity contribution in [2.45, 2.75) is 26.7 Å². The molecule has 3 aromatic heterocycles. The number of hydrogen-bond donors (Lipinski definition) is 1. The highest BCUT2D eigenvalue weighted by atomic mass is 35.5. The molecule has 1 aromatic carbocycles. The van der Waals surface area contributed by atoms with E-state index in [0.29, 0.717) is 16.9 Å². The number of nitrogens with zero attached hydrogens (tertiary/aromatic N) is 6. The molecule has 0 bridgehead atoms. The summed E-state index contributed by atoms with van der Waals surface area (Å²) >= 11 is 12.7. The topological polar surface area (TPSA) is 115 Å². The predicted molar refractivity (Wildman–Crippen MR) is 165 cm³/mol. The molecule has 45 heavy (non-hydrogen) atoms. The van der Waals surface area contributed by atoms with Gasteiger partial charge in [-0.1, -0.05) is 43.6 Å². The molecule has 4 aromatic rings. The van der Waals surface area contributed by atoms with E-state index in [-0.39, 0.29) is 65.3 Å². The molecule has 1 amide bonds. The minimum Gasteiger partial charge on any atom is -0.504 e. The Labute approximate surface area is 265 Å². The molecule has 4 heterocycles. The van der Waals surface area contributed by atoms with Crippen LogP contribution in [0, 0.1) is 35.7 Å². The Hall–Kier alpha value is -4.60. The molecule has 0 spiro atoms. The van der Waals surface area contributed by atoms with Crippen molar-refractivity contribution < 1.29 is 23.1 Å². The Balaban J connectivity index is 1.93. The van der Waals surface area contributed by atoms with Gasteiger partial charge in [-0.2, -0.15) is 9.65 Å². The van der Waals surface area contributed by atoms with Gasteiger partial charge in [-0.15, -0.1) is 0 Å². The van der Waals surface area contributed by atoms with Gasteiger partial charge in [-0.05, 0) is 36.6 Å². The molecule has 0 saturated carbocycles. The van der Waals surface area contributed by atoms with Crippen molar-refractivity contribution in [1.29, 1.82) is 5.26 Å². The van der Waals surface area contributed by atoms with E-state index >= 15 is 0 Å². The van der Waals surface area contributed by atoms with Gasteiger partial charge in [0.05, 0.1) is 38.4 Å². The van der Waals surface area contributed by atoms with Crippen molar-refractivity contribution in [2.75, 3.05) is 31.1 Å². The Morgan fingerprint density at radius 3 is 2.40 bits per heavy atom. The molecule has 0 aliphatic carbocycles. The number of hydrogen-bond acceptors (Lipinski definition) is 7. The lowest BCUT2D eigenvalue weighted by molar-refractivity contribution is -0.126. The van der Waals surface area contributed by atoms with E-state index < -0.39 is 45.0 Å². The van der Waals surface area contributed by atoms with E-state index in [1.54, 1.807) is 29.0 Å². The summed E-state index contributed by atoms with van der Waals surface area (Å²) in [5, 5.41) is 19.8. The summed E-state index contributed by atoms with van der Waals surface area (Å²) in [5.74, 6) is -7.46. The molecule has 1 aliphatic rings.